The number of nitrogens with zero attached hydrogens (tertiary/aromatic N) is 3. The number of carbonyl (C=O) groups is 1. The van der Waals surface area contributed by atoms with Gasteiger partial charge in [-0.3, -0.25) is 9.36 Å². The predicted octanol–water partition coefficient (Wildman–Crippen LogP) is 5.54. The second-order valence-electron chi connectivity index (χ2n) is 8.37. The fraction of sp³-hybridized carbons (Fsp3) is 0.222. The molecule has 0 aliphatic heterocycles. The van der Waals surface area contributed by atoms with E-state index in [1.807, 2.05) is 66.9 Å². The first-order valence-corrected chi connectivity index (χ1v) is 12.3. The van der Waals surface area contributed by atoms with E-state index in [1.165, 1.54) is 17.3 Å². The maximum atomic E-state index is 12.7. The zero-order chi connectivity index (χ0) is 24.8. The second-order valence-corrected chi connectivity index (χ2v) is 9.31. The van der Waals surface area contributed by atoms with Gasteiger partial charge in [0.15, 0.2) is 11.0 Å². The number of ether oxygens (including phenoxy) is 1. The second kappa shape index (κ2) is 11.1. The number of anilines is 2. The van der Waals surface area contributed by atoms with Crippen LogP contribution in [-0.2, 0) is 11.3 Å². The van der Waals surface area contributed by atoms with Crippen molar-refractivity contribution in [3.8, 4) is 11.4 Å². The Balaban J connectivity index is 1.50. The molecule has 0 saturated carbocycles. The summed E-state index contributed by atoms with van der Waals surface area (Å²) < 4.78 is 7.22. The molecule has 35 heavy (non-hydrogen) atoms. The monoisotopic (exact) mass is 487 g/mol. The van der Waals surface area contributed by atoms with Crippen molar-refractivity contribution in [2.24, 2.45) is 0 Å². The first-order valence-electron chi connectivity index (χ1n) is 11.3. The number of nitrogens with one attached hydrogen (secondary N) is 2. The number of carbonyl (C=O) groups excluding carboxylic acids is 1. The predicted molar refractivity (Wildman–Crippen MR) is 142 cm³/mol. The SMILES string of the molecule is COc1ccc(NCc2nnc(SCC(=O)Nc3cc(C)cc(C)c3)n2-c2ccc(C)cc2)cc1. The van der Waals surface area contributed by atoms with Crippen molar-refractivity contribution >= 4 is 29.0 Å². The molecule has 0 fully saturated rings. The summed E-state index contributed by atoms with van der Waals surface area (Å²) in [6.45, 7) is 6.56. The van der Waals surface area contributed by atoms with Gasteiger partial charge in [-0.2, -0.15) is 0 Å². The lowest BCUT2D eigenvalue weighted by Crippen LogP contribution is -2.15. The van der Waals surface area contributed by atoms with Gasteiger partial charge in [-0.15, -0.1) is 10.2 Å². The molecule has 0 aliphatic rings. The summed E-state index contributed by atoms with van der Waals surface area (Å²) >= 11 is 1.36. The van der Waals surface area contributed by atoms with E-state index in [-0.39, 0.29) is 11.7 Å². The van der Waals surface area contributed by atoms with Crippen molar-refractivity contribution in [2.45, 2.75) is 32.5 Å². The van der Waals surface area contributed by atoms with Crippen LogP contribution in [0, 0.1) is 20.8 Å². The molecule has 4 rings (SSSR count). The van der Waals surface area contributed by atoms with Crippen molar-refractivity contribution in [3.05, 3.63) is 89.2 Å². The van der Waals surface area contributed by atoms with Crippen molar-refractivity contribution in [3.63, 3.8) is 0 Å². The van der Waals surface area contributed by atoms with E-state index in [0.717, 1.165) is 39.8 Å². The van der Waals surface area contributed by atoms with Gasteiger partial charge in [0.2, 0.25) is 5.91 Å². The molecule has 1 heterocycles. The number of hydrogen-bond acceptors (Lipinski definition) is 6. The zero-order valence-corrected chi connectivity index (χ0v) is 21.1. The van der Waals surface area contributed by atoms with Gasteiger partial charge < -0.3 is 15.4 Å². The number of amides is 1. The molecule has 0 atom stereocenters. The zero-order valence-electron chi connectivity index (χ0n) is 20.3. The smallest absolute Gasteiger partial charge is 0.234 e. The Bertz CT molecular complexity index is 1280. The minimum atomic E-state index is -0.0867. The van der Waals surface area contributed by atoms with Gasteiger partial charge in [0, 0.05) is 17.1 Å². The molecule has 180 valence electrons. The number of rotatable bonds is 9. The topological polar surface area (TPSA) is 81.1 Å². The highest BCUT2D eigenvalue weighted by Crippen LogP contribution is 2.24. The lowest BCUT2D eigenvalue weighted by Gasteiger charge is -2.12. The molecule has 7 nitrogen and oxygen atoms in total. The normalized spacial score (nSPS) is 10.7. The Morgan fingerprint density at radius 3 is 2.23 bits per heavy atom. The third kappa shape index (κ3) is 6.42. The lowest BCUT2D eigenvalue weighted by molar-refractivity contribution is -0.113. The molecule has 4 aromatic rings. The van der Waals surface area contributed by atoms with Gasteiger partial charge in [0.1, 0.15) is 5.75 Å². The Morgan fingerprint density at radius 1 is 0.886 bits per heavy atom. The summed E-state index contributed by atoms with van der Waals surface area (Å²) in [4.78, 5) is 12.7. The first kappa shape index (κ1) is 24.3. The maximum absolute atomic E-state index is 12.7. The molecule has 8 heteroatoms. The summed E-state index contributed by atoms with van der Waals surface area (Å²) in [6.07, 6.45) is 0. The molecule has 1 amide bonds. The molecular formula is C27H29N5O2S. The van der Waals surface area contributed by atoms with Crippen LogP contribution in [0.2, 0.25) is 0 Å². The average molecular weight is 488 g/mol. The van der Waals surface area contributed by atoms with E-state index in [4.69, 9.17) is 4.74 Å². The number of methoxy groups -OCH3 is 1. The van der Waals surface area contributed by atoms with Crippen LogP contribution in [0.5, 0.6) is 5.75 Å². The van der Waals surface area contributed by atoms with Crippen molar-refractivity contribution in [2.75, 3.05) is 23.5 Å². The number of benzene rings is 3. The molecular weight excluding hydrogens is 458 g/mol. The van der Waals surface area contributed by atoms with Gasteiger partial charge >= 0.3 is 0 Å². The third-order valence-electron chi connectivity index (χ3n) is 5.37. The summed E-state index contributed by atoms with van der Waals surface area (Å²) in [5, 5.41) is 15.9. The molecule has 0 saturated heterocycles. The van der Waals surface area contributed by atoms with Crippen molar-refractivity contribution in [1.82, 2.24) is 14.8 Å². The Labute approximate surface area is 209 Å². The quantitative estimate of drug-likeness (QED) is 0.302. The molecule has 3 aromatic carbocycles. The number of hydrogen-bond donors (Lipinski definition) is 2. The highest BCUT2D eigenvalue weighted by atomic mass is 32.2. The van der Waals surface area contributed by atoms with Crippen LogP contribution in [0.3, 0.4) is 0 Å². The highest BCUT2D eigenvalue weighted by molar-refractivity contribution is 7.99. The molecule has 2 N–H and O–H groups in total. The number of aromatic nitrogens is 3. The van der Waals surface area contributed by atoms with Crippen molar-refractivity contribution < 1.29 is 9.53 Å². The van der Waals surface area contributed by atoms with E-state index >= 15 is 0 Å². The Kier molecular flexibility index (Phi) is 7.72. The number of aryl methyl sites for hydroxylation is 3. The Morgan fingerprint density at radius 2 is 1.57 bits per heavy atom. The van der Waals surface area contributed by atoms with Crippen molar-refractivity contribution in [1.29, 1.82) is 0 Å². The summed E-state index contributed by atoms with van der Waals surface area (Å²) in [7, 11) is 1.65. The number of thioether (sulfide) groups is 1. The van der Waals surface area contributed by atoms with Gasteiger partial charge in [0.25, 0.3) is 0 Å². The van der Waals surface area contributed by atoms with Crippen LogP contribution in [0.25, 0.3) is 5.69 Å². The fourth-order valence-corrected chi connectivity index (χ4v) is 4.50. The molecule has 0 radical (unpaired) electrons. The lowest BCUT2D eigenvalue weighted by atomic mass is 10.1. The van der Waals surface area contributed by atoms with Crippen LogP contribution < -0.4 is 15.4 Å². The largest absolute Gasteiger partial charge is 0.497 e. The minimum Gasteiger partial charge on any atom is -0.497 e. The average Bonchev–Trinajstić information content (AvgIpc) is 3.24. The van der Waals surface area contributed by atoms with Gasteiger partial charge in [0.05, 0.1) is 19.4 Å². The van der Waals surface area contributed by atoms with E-state index < -0.39 is 0 Å². The van der Waals surface area contributed by atoms with Gasteiger partial charge in [-0.1, -0.05) is 35.5 Å². The molecule has 0 bridgehead atoms. The first-order chi connectivity index (χ1) is 16.9. The van der Waals surface area contributed by atoms with Crippen LogP contribution in [-0.4, -0.2) is 33.5 Å². The molecule has 0 aliphatic carbocycles. The standard InChI is InChI=1S/C27H29N5O2S/c1-18-5-9-23(10-6-18)32-25(16-28-21-7-11-24(34-4)12-8-21)30-31-27(32)35-17-26(33)29-22-14-19(2)13-20(3)15-22/h5-15,28H,16-17H2,1-4H3,(H,29,33). The fourth-order valence-electron chi connectivity index (χ4n) is 3.73. The van der Waals surface area contributed by atoms with Gasteiger partial charge in [-0.25, -0.2) is 0 Å². The van der Waals surface area contributed by atoms with E-state index in [9.17, 15) is 4.79 Å². The molecule has 1 aromatic heterocycles. The summed E-state index contributed by atoms with van der Waals surface area (Å²) in [6, 6.07) is 21.9. The van der Waals surface area contributed by atoms with Crippen LogP contribution in [0.1, 0.15) is 22.5 Å². The van der Waals surface area contributed by atoms with Crippen LogP contribution in [0.15, 0.2) is 71.9 Å². The van der Waals surface area contributed by atoms with Gasteiger partial charge in [-0.05, 0) is 80.4 Å². The summed E-state index contributed by atoms with van der Waals surface area (Å²) in [5.74, 6) is 1.69. The third-order valence-corrected chi connectivity index (χ3v) is 6.30. The van der Waals surface area contributed by atoms with E-state index in [2.05, 4.69) is 46.0 Å². The highest BCUT2D eigenvalue weighted by Gasteiger charge is 2.16. The summed E-state index contributed by atoms with van der Waals surface area (Å²) in [5.41, 5.74) is 6.09. The van der Waals surface area contributed by atoms with E-state index in [0.29, 0.717) is 11.7 Å². The van der Waals surface area contributed by atoms with Crippen LogP contribution >= 0.6 is 11.8 Å². The molecule has 0 unspecified atom stereocenters. The minimum absolute atomic E-state index is 0.0867. The molecule has 0 spiro atoms. The maximum Gasteiger partial charge on any atom is 0.234 e. The van der Waals surface area contributed by atoms with Crippen LogP contribution in [0.4, 0.5) is 11.4 Å². The Hall–Kier alpha value is -3.78. The van der Waals surface area contributed by atoms with E-state index in [1.54, 1.807) is 7.11 Å².